The maximum atomic E-state index is 11.8. The van der Waals surface area contributed by atoms with E-state index in [2.05, 4.69) is 9.97 Å². The monoisotopic (exact) mass is 287 g/mol. The van der Waals surface area contributed by atoms with Crippen LogP contribution in [0.3, 0.4) is 0 Å². The van der Waals surface area contributed by atoms with Crippen molar-refractivity contribution in [3.05, 3.63) is 74.1 Å². The minimum absolute atomic E-state index is 0.0345. The first-order chi connectivity index (χ1) is 9.65. The number of H-pyrrole nitrogens is 1. The lowest BCUT2D eigenvalue weighted by atomic mass is 10.1. The smallest absolute Gasteiger partial charge is 0.298 e. The standard InChI is InChI=1S/C14H10ClN3O2/c15-11-7-12(19)18(14(20)17-11)8-10-4-1-3-9-5-2-6-16-13(9)10/h1-7H,8H2,(H,17,20). The van der Waals surface area contributed by atoms with Gasteiger partial charge in [-0.05, 0) is 11.6 Å². The number of nitrogens with one attached hydrogen (secondary N) is 1. The van der Waals surface area contributed by atoms with Gasteiger partial charge in [0.1, 0.15) is 5.15 Å². The molecule has 0 aliphatic rings. The molecule has 3 aromatic rings. The number of pyridine rings is 1. The van der Waals surface area contributed by atoms with Crippen LogP contribution in [0.25, 0.3) is 10.9 Å². The summed E-state index contributed by atoms with van der Waals surface area (Å²) in [5.74, 6) is 0. The van der Waals surface area contributed by atoms with Crippen LogP contribution < -0.4 is 11.2 Å². The maximum absolute atomic E-state index is 11.8. The highest BCUT2D eigenvalue weighted by atomic mass is 35.5. The Balaban J connectivity index is 2.16. The fourth-order valence-corrected chi connectivity index (χ4v) is 2.28. The molecule has 2 heterocycles. The molecule has 0 saturated carbocycles. The largest absolute Gasteiger partial charge is 0.329 e. The van der Waals surface area contributed by atoms with Crippen LogP contribution in [-0.4, -0.2) is 14.5 Å². The second kappa shape index (κ2) is 4.94. The molecule has 1 N–H and O–H groups in total. The van der Waals surface area contributed by atoms with Gasteiger partial charge in [0.05, 0.1) is 12.1 Å². The lowest BCUT2D eigenvalue weighted by molar-refractivity contribution is 0.701. The van der Waals surface area contributed by atoms with Crippen LogP contribution in [0, 0.1) is 0 Å². The van der Waals surface area contributed by atoms with Crippen LogP contribution >= 0.6 is 11.6 Å². The van der Waals surface area contributed by atoms with Gasteiger partial charge in [0.25, 0.3) is 5.56 Å². The third-order valence-corrected chi connectivity index (χ3v) is 3.24. The van der Waals surface area contributed by atoms with Crippen LogP contribution in [0.1, 0.15) is 5.56 Å². The Morgan fingerprint density at radius 3 is 2.80 bits per heavy atom. The first-order valence-corrected chi connectivity index (χ1v) is 6.35. The zero-order valence-electron chi connectivity index (χ0n) is 10.3. The maximum Gasteiger partial charge on any atom is 0.329 e. The van der Waals surface area contributed by atoms with Crippen molar-refractivity contribution in [2.75, 3.05) is 0 Å². The van der Waals surface area contributed by atoms with E-state index in [1.54, 1.807) is 6.20 Å². The van der Waals surface area contributed by atoms with E-state index in [0.717, 1.165) is 21.0 Å². The molecule has 2 aromatic heterocycles. The number of hydrogen-bond acceptors (Lipinski definition) is 3. The van der Waals surface area contributed by atoms with E-state index in [9.17, 15) is 9.59 Å². The minimum atomic E-state index is -0.532. The summed E-state index contributed by atoms with van der Waals surface area (Å²) < 4.78 is 1.09. The molecule has 100 valence electrons. The predicted octanol–water partition coefficient (Wildman–Crippen LogP) is 1.79. The summed E-state index contributed by atoms with van der Waals surface area (Å²) in [5, 5.41) is 0.996. The van der Waals surface area contributed by atoms with Crippen LogP contribution in [-0.2, 0) is 6.54 Å². The van der Waals surface area contributed by atoms with Crippen LogP contribution in [0.5, 0.6) is 0 Å². The highest BCUT2D eigenvalue weighted by molar-refractivity contribution is 6.29. The van der Waals surface area contributed by atoms with Crippen molar-refractivity contribution in [2.24, 2.45) is 0 Å². The van der Waals surface area contributed by atoms with Crippen LogP contribution in [0.4, 0.5) is 0 Å². The zero-order valence-corrected chi connectivity index (χ0v) is 11.1. The van der Waals surface area contributed by atoms with Gasteiger partial charge in [-0.2, -0.15) is 0 Å². The molecule has 1 aromatic carbocycles. The van der Waals surface area contributed by atoms with Crippen molar-refractivity contribution in [2.45, 2.75) is 6.54 Å². The Labute approximate surface area is 118 Å². The quantitative estimate of drug-likeness (QED) is 0.731. The Kier molecular flexibility index (Phi) is 3.12. The van der Waals surface area contributed by atoms with Gasteiger partial charge in [-0.3, -0.25) is 19.3 Å². The predicted molar refractivity (Wildman–Crippen MR) is 77.2 cm³/mol. The van der Waals surface area contributed by atoms with Gasteiger partial charge in [-0.25, -0.2) is 4.79 Å². The molecule has 3 rings (SSSR count). The number of fused-ring (bicyclic) bond motifs is 1. The van der Waals surface area contributed by atoms with Gasteiger partial charge in [-0.15, -0.1) is 0 Å². The van der Waals surface area contributed by atoms with Crippen molar-refractivity contribution >= 4 is 22.5 Å². The van der Waals surface area contributed by atoms with E-state index >= 15 is 0 Å². The molecule has 0 aliphatic heterocycles. The molecule has 5 nitrogen and oxygen atoms in total. The van der Waals surface area contributed by atoms with Crippen molar-refractivity contribution in [1.29, 1.82) is 0 Å². The third kappa shape index (κ3) is 2.23. The SMILES string of the molecule is O=c1cc(Cl)[nH]c(=O)n1Cc1cccc2cccnc12. The van der Waals surface area contributed by atoms with Gasteiger partial charge in [0.15, 0.2) is 0 Å². The number of halogens is 1. The van der Waals surface area contributed by atoms with Gasteiger partial charge in [-0.1, -0.05) is 35.9 Å². The molecular formula is C14H10ClN3O2. The average molecular weight is 288 g/mol. The molecule has 0 aliphatic carbocycles. The summed E-state index contributed by atoms with van der Waals surface area (Å²) in [6.07, 6.45) is 1.68. The summed E-state index contributed by atoms with van der Waals surface area (Å²) in [7, 11) is 0. The molecular weight excluding hydrogens is 278 g/mol. The molecule has 20 heavy (non-hydrogen) atoms. The van der Waals surface area contributed by atoms with Crippen LogP contribution in [0.2, 0.25) is 5.15 Å². The van der Waals surface area contributed by atoms with Gasteiger partial charge in [0, 0.05) is 17.6 Å². The zero-order chi connectivity index (χ0) is 14.1. The summed E-state index contributed by atoms with van der Waals surface area (Å²) in [5.41, 5.74) is 0.608. The Morgan fingerprint density at radius 2 is 2.00 bits per heavy atom. The summed E-state index contributed by atoms with van der Waals surface area (Å²) >= 11 is 5.64. The van der Waals surface area contributed by atoms with Gasteiger partial charge >= 0.3 is 5.69 Å². The highest BCUT2D eigenvalue weighted by Crippen LogP contribution is 2.16. The highest BCUT2D eigenvalue weighted by Gasteiger charge is 2.07. The summed E-state index contributed by atoms with van der Waals surface area (Å²) in [6, 6.07) is 10.6. The van der Waals surface area contributed by atoms with Gasteiger partial charge < -0.3 is 0 Å². The lowest BCUT2D eigenvalue weighted by Crippen LogP contribution is -2.34. The summed E-state index contributed by atoms with van der Waals surface area (Å²) in [6.45, 7) is 0.152. The number of benzene rings is 1. The molecule has 0 radical (unpaired) electrons. The Bertz CT molecular complexity index is 862. The fourth-order valence-electron chi connectivity index (χ4n) is 2.11. The number of aromatic nitrogens is 3. The third-order valence-electron chi connectivity index (χ3n) is 3.03. The van der Waals surface area contributed by atoms with E-state index in [0.29, 0.717) is 0 Å². The van der Waals surface area contributed by atoms with E-state index < -0.39 is 11.2 Å². The molecule has 0 unspecified atom stereocenters. The van der Waals surface area contributed by atoms with Gasteiger partial charge in [0.2, 0.25) is 0 Å². The van der Waals surface area contributed by atoms with E-state index in [4.69, 9.17) is 11.6 Å². The first kappa shape index (κ1) is 12.6. The first-order valence-electron chi connectivity index (χ1n) is 5.97. The Hall–Kier alpha value is -2.40. The molecule has 0 atom stereocenters. The molecule has 0 bridgehead atoms. The molecule has 6 heteroatoms. The number of nitrogens with zero attached hydrogens (tertiary/aromatic N) is 2. The number of rotatable bonds is 2. The van der Waals surface area contributed by atoms with E-state index in [-0.39, 0.29) is 11.7 Å². The van der Waals surface area contributed by atoms with Crippen LogP contribution in [0.15, 0.2) is 52.2 Å². The molecule has 0 amide bonds. The second-order valence-electron chi connectivity index (χ2n) is 4.34. The molecule has 0 fully saturated rings. The minimum Gasteiger partial charge on any atom is -0.298 e. The summed E-state index contributed by atoms with van der Waals surface area (Å²) in [4.78, 5) is 30.3. The lowest BCUT2D eigenvalue weighted by Gasteiger charge is -2.07. The normalized spacial score (nSPS) is 10.8. The molecule has 0 saturated heterocycles. The fraction of sp³-hybridized carbons (Fsp3) is 0.0714. The topological polar surface area (TPSA) is 67.8 Å². The van der Waals surface area contributed by atoms with Crippen molar-refractivity contribution in [1.82, 2.24) is 14.5 Å². The second-order valence-corrected chi connectivity index (χ2v) is 4.75. The van der Waals surface area contributed by atoms with Crippen molar-refractivity contribution in [3.8, 4) is 0 Å². The number of hydrogen-bond donors (Lipinski definition) is 1. The van der Waals surface area contributed by atoms with E-state index in [1.807, 2.05) is 30.3 Å². The van der Waals surface area contributed by atoms with Crippen molar-refractivity contribution < 1.29 is 0 Å². The Morgan fingerprint density at radius 1 is 1.20 bits per heavy atom. The van der Waals surface area contributed by atoms with Crippen molar-refractivity contribution in [3.63, 3.8) is 0 Å². The molecule has 0 spiro atoms. The number of aromatic amines is 1. The number of para-hydroxylation sites is 1. The van der Waals surface area contributed by atoms with E-state index in [1.165, 1.54) is 6.07 Å². The average Bonchev–Trinajstić information content (AvgIpc) is 2.43.